The van der Waals surface area contributed by atoms with Crippen molar-refractivity contribution in [2.24, 2.45) is 5.92 Å². The van der Waals surface area contributed by atoms with E-state index in [-0.39, 0.29) is 22.5 Å². The van der Waals surface area contributed by atoms with E-state index < -0.39 is 0 Å². The summed E-state index contributed by atoms with van der Waals surface area (Å²) >= 11 is 1.17. The first-order chi connectivity index (χ1) is 14.9. The number of ether oxygens (including phenoxy) is 1. The predicted molar refractivity (Wildman–Crippen MR) is 121 cm³/mol. The van der Waals surface area contributed by atoms with E-state index in [1.807, 2.05) is 19.1 Å². The van der Waals surface area contributed by atoms with Crippen LogP contribution in [0.25, 0.3) is 11.5 Å². The van der Waals surface area contributed by atoms with Gasteiger partial charge in [-0.05, 0) is 57.6 Å². The zero-order chi connectivity index (χ0) is 22.0. The minimum Gasteiger partial charge on any atom is -0.441 e. The highest BCUT2D eigenvalue weighted by atomic mass is 32.2. The van der Waals surface area contributed by atoms with Crippen LogP contribution in [-0.4, -0.2) is 39.4 Å². The molecule has 3 atom stereocenters. The number of rotatable bonds is 7. The van der Waals surface area contributed by atoms with Crippen LogP contribution in [0.15, 0.2) is 28.7 Å². The van der Waals surface area contributed by atoms with Gasteiger partial charge >= 0.3 is 0 Å². The van der Waals surface area contributed by atoms with Crippen molar-refractivity contribution in [2.45, 2.75) is 70.3 Å². The lowest BCUT2D eigenvalue weighted by atomic mass is 9.84. The lowest BCUT2D eigenvalue weighted by Gasteiger charge is -2.29. The number of aryl methyl sites for hydroxylation is 2. The Morgan fingerprint density at radius 2 is 1.94 bits per heavy atom. The Kier molecular flexibility index (Phi) is 6.82. The van der Waals surface area contributed by atoms with Gasteiger partial charge in [0.05, 0.1) is 18.0 Å². The van der Waals surface area contributed by atoms with Gasteiger partial charge in [-0.25, -0.2) is 4.98 Å². The predicted octanol–water partition coefficient (Wildman–Crippen LogP) is 5.51. The Balaban J connectivity index is 1.28. The van der Waals surface area contributed by atoms with E-state index in [9.17, 15) is 9.59 Å². The number of amides is 2. The summed E-state index contributed by atoms with van der Waals surface area (Å²) in [4.78, 5) is 29.7. The van der Waals surface area contributed by atoms with Gasteiger partial charge in [-0.2, -0.15) is 0 Å². The Morgan fingerprint density at radius 1 is 1.16 bits per heavy atom. The van der Waals surface area contributed by atoms with Gasteiger partial charge in [-0.3, -0.25) is 14.5 Å². The van der Waals surface area contributed by atoms with E-state index in [0.717, 1.165) is 55.5 Å². The summed E-state index contributed by atoms with van der Waals surface area (Å²) in [5, 5.41) is -0.343. The van der Waals surface area contributed by atoms with E-state index in [4.69, 9.17) is 9.15 Å². The van der Waals surface area contributed by atoms with Gasteiger partial charge in [0, 0.05) is 12.6 Å². The van der Waals surface area contributed by atoms with Crippen LogP contribution in [0.3, 0.4) is 0 Å². The summed E-state index contributed by atoms with van der Waals surface area (Å²) in [7, 11) is 1.57. The third-order valence-corrected chi connectivity index (χ3v) is 7.54. The first-order valence-electron chi connectivity index (χ1n) is 11.0. The molecule has 2 fully saturated rings. The maximum Gasteiger partial charge on any atom is 0.288 e. The topological polar surface area (TPSA) is 72.6 Å². The summed E-state index contributed by atoms with van der Waals surface area (Å²) in [5.41, 5.74) is 3.03. The molecule has 1 aromatic heterocycles. The molecule has 1 saturated heterocycles. The normalized spacial score (nSPS) is 24.2. The van der Waals surface area contributed by atoms with Crippen molar-refractivity contribution in [1.29, 1.82) is 0 Å². The highest BCUT2D eigenvalue weighted by Crippen LogP contribution is 2.35. The number of thioether (sulfide) groups is 1. The molecule has 1 aromatic carbocycles. The number of hydrogen-bond donors (Lipinski definition) is 0. The van der Waals surface area contributed by atoms with Gasteiger partial charge in [-0.15, -0.1) is 0 Å². The number of carbonyl (C=O) groups is 2. The zero-order valence-electron chi connectivity index (χ0n) is 18.4. The molecule has 0 N–H and O–H groups in total. The van der Waals surface area contributed by atoms with E-state index >= 15 is 0 Å². The quantitative estimate of drug-likeness (QED) is 0.563. The average molecular weight is 443 g/mol. The second-order valence-electron chi connectivity index (χ2n) is 8.70. The van der Waals surface area contributed by atoms with Crippen molar-refractivity contribution in [1.82, 2.24) is 9.88 Å². The summed E-state index contributed by atoms with van der Waals surface area (Å²) in [6.45, 7) is 4.44. The van der Waals surface area contributed by atoms with Crippen molar-refractivity contribution in [3.63, 3.8) is 0 Å². The first kappa shape index (κ1) is 22.1. The van der Waals surface area contributed by atoms with Crippen LogP contribution in [0.5, 0.6) is 0 Å². The number of oxazole rings is 1. The lowest BCUT2D eigenvalue weighted by Crippen LogP contribution is -2.28. The number of carbonyl (C=O) groups excluding carboxylic acids is 2. The fourth-order valence-corrected chi connectivity index (χ4v) is 5.36. The largest absolute Gasteiger partial charge is 0.441 e. The van der Waals surface area contributed by atoms with Gasteiger partial charge in [-0.1, -0.05) is 42.3 Å². The molecule has 166 valence electrons. The molecule has 0 bridgehead atoms. The number of hydrogen-bond acceptors (Lipinski definition) is 6. The number of benzene rings is 1. The molecule has 31 heavy (non-hydrogen) atoms. The van der Waals surface area contributed by atoms with Crippen LogP contribution in [0.4, 0.5) is 4.79 Å². The monoisotopic (exact) mass is 442 g/mol. The van der Waals surface area contributed by atoms with Crippen molar-refractivity contribution < 1.29 is 18.7 Å². The molecule has 2 aromatic rings. The number of aromatic nitrogens is 1. The minimum atomic E-state index is -0.211. The first-order valence-corrected chi connectivity index (χ1v) is 11.9. The second-order valence-corrected chi connectivity index (χ2v) is 9.85. The molecule has 1 aliphatic carbocycles. The maximum absolute atomic E-state index is 12.1. The Labute approximate surface area is 187 Å². The highest BCUT2D eigenvalue weighted by molar-refractivity contribution is 8.15. The molecule has 7 heteroatoms. The van der Waals surface area contributed by atoms with Crippen LogP contribution in [0.1, 0.15) is 55.5 Å². The van der Waals surface area contributed by atoms with Crippen molar-refractivity contribution in [3.8, 4) is 11.5 Å². The van der Waals surface area contributed by atoms with Crippen LogP contribution in [0, 0.1) is 19.8 Å². The molecular weight excluding hydrogens is 412 g/mol. The summed E-state index contributed by atoms with van der Waals surface area (Å²) in [5.74, 6) is 1.92. The Morgan fingerprint density at radius 3 is 2.65 bits per heavy atom. The molecule has 6 nitrogen and oxygen atoms in total. The smallest absolute Gasteiger partial charge is 0.288 e. The van der Waals surface area contributed by atoms with Gasteiger partial charge in [0.1, 0.15) is 11.5 Å². The van der Waals surface area contributed by atoms with Crippen LogP contribution < -0.4 is 0 Å². The molecule has 1 saturated carbocycles. The molecule has 4 rings (SSSR count). The number of imide groups is 1. The van der Waals surface area contributed by atoms with Gasteiger partial charge in [0.15, 0.2) is 0 Å². The van der Waals surface area contributed by atoms with Gasteiger partial charge in [0.25, 0.3) is 5.24 Å². The summed E-state index contributed by atoms with van der Waals surface area (Å²) in [6.07, 6.45) is 6.27. The Bertz CT molecular complexity index is 940. The van der Waals surface area contributed by atoms with E-state index in [1.165, 1.54) is 22.2 Å². The molecule has 0 spiro atoms. The summed E-state index contributed by atoms with van der Waals surface area (Å²) in [6, 6.07) is 8.16. The van der Waals surface area contributed by atoms with Crippen molar-refractivity contribution in [3.05, 3.63) is 41.3 Å². The van der Waals surface area contributed by atoms with E-state index in [1.54, 1.807) is 7.05 Å². The molecule has 1 unspecified atom stereocenters. The van der Waals surface area contributed by atoms with Crippen molar-refractivity contribution in [2.75, 3.05) is 7.05 Å². The summed E-state index contributed by atoms with van der Waals surface area (Å²) < 4.78 is 12.1. The minimum absolute atomic E-state index is 0.0514. The van der Waals surface area contributed by atoms with Crippen LogP contribution >= 0.6 is 11.8 Å². The average Bonchev–Trinajstić information content (AvgIpc) is 3.26. The molecule has 2 aliphatic rings. The second kappa shape index (κ2) is 9.57. The third-order valence-electron chi connectivity index (χ3n) is 6.34. The zero-order valence-corrected chi connectivity index (χ0v) is 19.2. The van der Waals surface area contributed by atoms with Crippen LogP contribution in [0.2, 0.25) is 0 Å². The third kappa shape index (κ3) is 5.21. The maximum atomic E-state index is 12.1. The van der Waals surface area contributed by atoms with E-state index in [2.05, 4.69) is 24.0 Å². The molecule has 1 aliphatic heterocycles. The van der Waals surface area contributed by atoms with Crippen LogP contribution in [-0.2, 0) is 16.1 Å². The van der Waals surface area contributed by atoms with Crippen molar-refractivity contribution >= 4 is 22.9 Å². The van der Waals surface area contributed by atoms with Gasteiger partial charge in [0.2, 0.25) is 11.8 Å². The fourth-order valence-electron chi connectivity index (χ4n) is 4.36. The molecule has 0 radical (unpaired) electrons. The number of nitrogens with zero attached hydrogens (tertiary/aromatic N) is 2. The SMILES string of the molecule is Cc1ccc(-c2nc(CO[C@H]3CCC[C@@H](CCC4SC(=O)N(C)C4=O)C3)c(C)o2)cc1. The van der Waals surface area contributed by atoms with Gasteiger partial charge < -0.3 is 9.15 Å². The van der Waals surface area contributed by atoms with E-state index in [0.29, 0.717) is 18.4 Å². The fraction of sp³-hybridized carbons (Fsp3) is 0.542. The molecule has 2 heterocycles. The highest BCUT2D eigenvalue weighted by Gasteiger charge is 2.37. The standard InChI is InChI=1S/C24H30N2O4S/c1-15-7-10-18(11-8-15)22-25-20(16(2)30-22)14-29-19-6-4-5-17(13-19)9-12-21-23(27)26(3)24(28)31-21/h7-8,10-11,17,19,21H,4-6,9,12-14H2,1-3H3/t17-,19-,21?/m0/s1. The Hall–Kier alpha value is -2.12. The lowest BCUT2D eigenvalue weighted by molar-refractivity contribution is -0.125. The molecular formula is C24H30N2O4S. The molecule has 2 amide bonds.